The van der Waals surface area contributed by atoms with Crippen LogP contribution in [0.5, 0.6) is 0 Å². The van der Waals surface area contributed by atoms with Crippen LogP contribution in [0.15, 0.2) is 24.3 Å². The van der Waals surface area contributed by atoms with Crippen LogP contribution < -0.4 is 10.6 Å². The fourth-order valence-electron chi connectivity index (χ4n) is 4.08. The van der Waals surface area contributed by atoms with Crippen molar-refractivity contribution >= 4 is 16.8 Å². The summed E-state index contributed by atoms with van der Waals surface area (Å²) in [7, 11) is 0. The van der Waals surface area contributed by atoms with Crippen LogP contribution in [0.2, 0.25) is 0 Å². The summed E-state index contributed by atoms with van der Waals surface area (Å²) in [6.45, 7) is 4.18. The standard InChI is InChI=1S/C18H24N4O/c1-11(2)22-16-6-4-3-5-15(16)17(21-22)18(23)20-14-9-12-7-8-13(10-14)19-12/h3-6,11-14,19H,7-10H2,1-2H3,(H,20,23)/t12-,13+,14-. The van der Waals surface area contributed by atoms with Crippen molar-refractivity contribution in [1.82, 2.24) is 20.4 Å². The van der Waals surface area contributed by atoms with E-state index in [-0.39, 0.29) is 18.0 Å². The number of nitrogens with one attached hydrogen (secondary N) is 2. The molecule has 3 atom stereocenters. The van der Waals surface area contributed by atoms with E-state index in [1.54, 1.807) is 0 Å². The van der Waals surface area contributed by atoms with Crippen LogP contribution >= 0.6 is 0 Å². The Kier molecular flexibility index (Phi) is 3.60. The lowest BCUT2D eigenvalue weighted by Crippen LogP contribution is -2.48. The van der Waals surface area contributed by atoms with Crippen LogP contribution in [-0.4, -0.2) is 33.8 Å². The first-order valence-corrected chi connectivity index (χ1v) is 8.66. The Bertz CT molecular complexity index is 724. The van der Waals surface area contributed by atoms with Gasteiger partial charge in [-0.3, -0.25) is 9.48 Å². The molecule has 2 fully saturated rings. The van der Waals surface area contributed by atoms with Crippen molar-refractivity contribution in [3.05, 3.63) is 30.0 Å². The quantitative estimate of drug-likeness (QED) is 0.916. The summed E-state index contributed by atoms with van der Waals surface area (Å²) >= 11 is 0. The Morgan fingerprint density at radius 2 is 1.96 bits per heavy atom. The molecule has 2 N–H and O–H groups in total. The van der Waals surface area contributed by atoms with Gasteiger partial charge in [0.25, 0.3) is 5.91 Å². The van der Waals surface area contributed by atoms with E-state index in [2.05, 4.69) is 29.6 Å². The van der Waals surface area contributed by atoms with Gasteiger partial charge in [0.1, 0.15) is 0 Å². The Hall–Kier alpha value is -1.88. The lowest BCUT2D eigenvalue weighted by Gasteiger charge is -2.29. The molecule has 2 saturated heterocycles. The molecule has 23 heavy (non-hydrogen) atoms. The van der Waals surface area contributed by atoms with Crippen molar-refractivity contribution in [2.45, 2.75) is 63.7 Å². The SMILES string of the molecule is CC(C)n1nc(C(=O)N[C@@H]2C[C@H]3CC[C@@H](C2)N3)c2ccccc21. The molecule has 0 radical (unpaired) electrons. The molecule has 2 bridgehead atoms. The summed E-state index contributed by atoms with van der Waals surface area (Å²) in [5, 5.41) is 12.4. The zero-order valence-electron chi connectivity index (χ0n) is 13.7. The van der Waals surface area contributed by atoms with E-state index in [0.29, 0.717) is 17.8 Å². The summed E-state index contributed by atoms with van der Waals surface area (Å²) < 4.78 is 1.94. The number of amides is 1. The molecule has 2 aliphatic heterocycles. The Morgan fingerprint density at radius 3 is 2.65 bits per heavy atom. The lowest BCUT2D eigenvalue weighted by molar-refractivity contribution is 0.0919. The normalized spacial score (nSPS) is 26.8. The number of piperidine rings is 1. The van der Waals surface area contributed by atoms with Crippen molar-refractivity contribution in [1.29, 1.82) is 0 Å². The first-order chi connectivity index (χ1) is 11.1. The van der Waals surface area contributed by atoms with Crippen LogP contribution in [0.25, 0.3) is 10.9 Å². The number of carbonyl (C=O) groups excluding carboxylic acids is 1. The minimum atomic E-state index is -0.0353. The summed E-state index contributed by atoms with van der Waals surface area (Å²) in [6, 6.07) is 9.63. The number of rotatable bonds is 3. The van der Waals surface area contributed by atoms with E-state index in [0.717, 1.165) is 23.7 Å². The minimum absolute atomic E-state index is 0.0353. The van der Waals surface area contributed by atoms with Gasteiger partial charge in [0.05, 0.1) is 5.52 Å². The van der Waals surface area contributed by atoms with Gasteiger partial charge in [0.2, 0.25) is 0 Å². The fourth-order valence-corrected chi connectivity index (χ4v) is 4.08. The molecular formula is C18H24N4O. The second-order valence-electron chi connectivity index (χ2n) is 7.18. The van der Waals surface area contributed by atoms with Crippen LogP contribution in [-0.2, 0) is 0 Å². The second kappa shape index (κ2) is 5.64. The molecule has 0 saturated carbocycles. The molecule has 0 aliphatic carbocycles. The van der Waals surface area contributed by atoms with E-state index in [1.165, 1.54) is 12.8 Å². The topological polar surface area (TPSA) is 59.0 Å². The molecule has 1 amide bonds. The monoisotopic (exact) mass is 312 g/mol. The number of nitrogens with zero attached hydrogens (tertiary/aromatic N) is 2. The number of benzene rings is 1. The maximum atomic E-state index is 12.8. The van der Waals surface area contributed by atoms with E-state index < -0.39 is 0 Å². The molecule has 0 unspecified atom stereocenters. The van der Waals surface area contributed by atoms with Crippen molar-refractivity contribution in [2.24, 2.45) is 0 Å². The first-order valence-electron chi connectivity index (χ1n) is 8.66. The highest BCUT2D eigenvalue weighted by Crippen LogP contribution is 2.27. The third-order valence-corrected chi connectivity index (χ3v) is 5.13. The van der Waals surface area contributed by atoms with Crippen molar-refractivity contribution in [3.63, 3.8) is 0 Å². The van der Waals surface area contributed by atoms with Gasteiger partial charge >= 0.3 is 0 Å². The molecule has 122 valence electrons. The van der Waals surface area contributed by atoms with Gasteiger partial charge in [0.15, 0.2) is 5.69 Å². The predicted molar refractivity (Wildman–Crippen MR) is 90.6 cm³/mol. The minimum Gasteiger partial charge on any atom is -0.348 e. The Balaban J connectivity index is 1.60. The number of fused-ring (bicyclic) bond motifs is 3. The molecule has 5 nitrogen and oxygen atoms in total. The maximum Gasteiger partial charge on any atom is 0.272 e. The van der Waals surface area contributed by atoms with Crippen molar-refractivity contribution in [2.75, 3.05) is 0 Å². The molecule has 2 aliphatic rings. The predicted octanol–water partition coefficient (Wildman–Crippen LogP) is 2.63. The summed E-state index contributed by atoms with van der Waals surface area (Å²) in [5.41, 5.74) is 1.58. The highest BCUT2D eigenvalue weighted by molar-refractivity contribution is 6.05. The number of hydrogen-bond acceptors (Lipinski definition) is 3. The lowest BCUT2D eigenvalue weighted by atomic mass is 9.99. The van der Waals surface area contributed by atoms with Gasteiger partial charge in [-0.25, -0.2) is 0 Å². The summed E-state index contributed by atoms with van der Waals surface area (Å²) in [6.07, 6.45) is 4.54. The van der Waals surface area contributed by atoms with E-state index in [4.69, 9.17) is 0 Å². The number of para-hydroxylation sites is 1. The van der Waals surface area contributed by atoms with Crippen molar-refractivity contribution < 1.29 is 4.79 Å². The summed E-state index contributed by atoms with van der Waals surface area (Å²) in [5.74, 6) is -0.0353. The van der Waals surface area contributed by atoms with Crippen molar-refractivity contribution in [3.8, 4) is 0 Å². The summed E-state index contributed by atoms with van der Waals surface area (Å²) in [4.78, 5) is 12.8. The molecule has 5 heteroatoms. The Morgan fingerprint density at radius 1 is 1.26 bits per heavy atom. The van der Waals surface area contributed by atoms with Gasteiger partial charge < -0.3 is 10.6 Å². The number of aromatic nitrogens is 2. The molecule has 3 heterocycles. The highest BCUT2D eigenvalue weighted by atomic mass is 16.2. The molecule has 0 spiro atoms. The first kappa shape index (κ1) is 14.7. The second-order valence-corrected chi connectivity index (χ2v) is 7.18. The van der Waals surface area contributed by atoms with Gasteiger partial charge in [-0.2, -0.15) is 5.10 Å². The van der Waals surface area contributed by atoms with Gasteiger partial charge in [-0.1, -0.05) is 18.2 Å². The van der Waals surface area contributed by atoms with Gasteiger partial charge in [0, 0.05) is 29.6 Å². The molecule has 2 aromatic rings. The Labute approximate surface area is 136 Å². The molecular weight excluding hydrogens is 288 g/mol. The molecule has 1 aromatic heterocycles. The largest absolute Gasteiger partial charge is 0.348 e. The van der Waals surface area contributed by atoms with Crippen LogP contribution in [0.1, 0.15) is 56.1 Å². The zero-order valence-corrected chi connectivity index (χ0v) is 13.7. The smallest absolute Gasteiger partial charge is 0.272 e. The van der Waals surface area contributed by atoms with Crippen LogP contribution in [0.4, 0.5) is 0 Å². The van der Waals surface area contributed by atoms with Gasteiger partial charge in [-0.15, -0.1) is 0 Å². The molecule has 4 rings (SSSR count). The average Bonchev–Trinajstić information content (AvgIpc) is 3.08. The maximum absolute atomic E-state index is 12.8. The highest BCUT2D eigenvalue weighted by Gasteiger charge is 2.34. The third kappa shape index (κ3) is 2.63. The fraction of sp³-hybridized carbons (Fsp3) is 0.556. The zero-order chi connectivity index (χ0) is 16.0. The van der Waals surface area contributed by atoms with E-state index in [1.807, 2.05) is 28.9 Å². The third-order valence-electron chi connectivity index (χ3n) is 5.13. The van der Waals surface area contributed by atoms with Gasteiger partial charge in [-0.05, 0) is 45.6 Å². The number of carbonyl (C=O) groups is 1. The average molecular weight is 312 g/mol. The van der Waals surface area contributed by atoms with E-state index >= 15 is 0 Å². The molecule has 1 aromatic carbocycles. The van der Waals surface area contributed by atoms with Crippen LogP contribution in [0, 0.1) is 0 Å². The van der Waals surface area contributed by atoms with Crippen LogP contribution in [0.3, 0.4) is 0 Å². The van der Waals surface area contributed by atoms with E-state index in [9.17, 15) is 4.79 Å². The number of hydrogen-bond donors (Lipinski definition) is 2.